The number of hydrogen-bond acceptors (Lipinski definition) is 3. The van der Waals surface area contributed by atoms with Gasteiger partial charge in [0.2, 0.25) is 0 Å². The molecule has 1 aromatic heterocycles. The molecule has 6 heteroatoms. The summed E-state index contributed by atoms with van der Waals surface area (Å²) >= 11 is 0. The van der Waals surface area contributed by atoms with Gasteiger partial charge in [-0.25, -0.2) is 4.79 Å². The van der Waals surface area contributed by atoms with E-state index in [1.807, 2.05) is 23.6 Å². The van der Waals surface area contributed by atoms with Gasteiger partial charge in [-0.1, -0.05) is 0 Å². The molecule has 0 aliphatic heterocycles. The number of aromatic nitrogens is 1. The zero-order valence-electron chi connectivity index (χ0n) is 8.90. The van der Waals surface area contributed by atoms with E-state index in [0.29, 0.717) is 5.75 Å². The van der Waals surface area contributed by atoms with Crippen LogP contribution in [-0.2, 0) is 4.79 Å². The van der Waals surface area contributed by atoms with Crippen molar-refractivity contribution in [2.45, 2.75) is 0 Å². The minimum absolute atomic E-state index is 0.251. The first-order chi connectivity index (χ1) is 8.15. The van der Waals surface area contributed by atoms with Crippen molar-refractivity contribution in [3.8, 4) is 5.75 Å². The first-order valence-corrected chi connectivity index (χ1v) is 4.94. The van der Waals surface area contributed by atoms with E-state index in [-0.39, 0.29) is 6.61 Å². The SMILES string of the molecule is NC(=O)NC(=O)COc1ccc2[nH]ccc2c1. The van der Waals surface area contributed by atoms with E-state index in [1.165, 1.54) is 0 Å². The standard InChI is InChI=1S/C11H11N3O3/c12-11(16)14-10(15)6-17-8-1-2-9-7(5-8)3-4-13-9/h1-5,13H,6H2,(H3,12,14,15,16). The highest BCUT2D eigenvalue weighted by atomic mass is 16.5. The lowest BCUT2D eigenvalue weighted by Crippen LogP contribution is -2.38. The largest absolute Gasteiger partial charge is 0.484 e. The lowest BCUT2D eigenvalue weighted by atomic mass is 10.2. The third-order valence-electron chi connectivity index (χ3n) is 2.16. The number of urea groups is 1. The Hall–Kier alpha value is -2.50. The molecule has 1 aromatic carbocycles. The van der Waals surface area contributed by atoms with Crippen LogP contribution in [0.15, 0.2) is 30.5 Å². The van der Waals surface area contributed by atoms with Crippen LogP contribution in [-0.4, -0.2) is 23.5 Å². The van der Waals surface area contributed by atoms with Crippen molar-refractivity contribution >= 4 is 22.8 Å². The quantitative estimate of drug-likeness (QED) is 0.729. The van der Waals surface area contributed by atoms with Gasteiger partial charge in [0.15, 0.2) is 6.61 Å². The van der Waals surface area contributed by atoms with Gasteiger partial charge in [-0.3, -0.25) is 10.1 Å². The number of fused-ring (bicyclic) bond motifs is 1. The van der Waals surface area contributed by atoms with Crippen LogP contribution in [0.5, 0.6) is 5.75 Å². The van der Waals surface area contributed by atoms with Crippen molar-refractivity contribution in [2.24, 2.45) is 5.73 Å². The van der Waals surface area contributed by atoms with E-state index in [1.54, 1.807) is 12.1 Å². The summed E-state index contributed by atoms with van der Waals surface area (Å²) in [5, 5.41) is 2.90. The number of ether oxygens (including phenoxy) is 1. The molecule has 1 heterocycles. The summed E-state index contributed by atoms with van der Waals surface area (Å²) < 4.78 is 5.21. The molecule has 0 aliphatic carbocycles. The van der Waals surface area contributed by atoms with Gasteiger partial charge in [-0.2, -0.15) is 0 Å². The predicted molar refractivity (Wildman–Crippen MR) is 61.5 cm³/mol. The van der Waals surface area contributed by atoms with Crippen LogP contribution >= 0.6 is 0 Å². The summed E-state index contributed by atoms with van der Waals surface area (Å²) in [6, 6.07) is 6.38. The summed E-state index contributed by atoms with van der Waals surface area (Å²) in [7, 11) is 0. The van der Waals surface area contributed by atoms with E-state index < -0.39 is 11.9 Å². The van der Waals surface area contributed by atoms with Gasteiger partial charge in [-0.05, 0) is 24.3 Å². The minimum Gasteiger partial charge on any atom is -0.484 e. The fourth-order valence-electron chi connectivity index (χ4n) is 1.44. The second-order valence-electron chi connectivity index (χ2n) is 3.43. The number of carbonyl (C=O) groups is 2. The number of nitrogens with two attached hydrogens (primary N) is 1. The van der Waals surface area contributed by atoms with Crippen LogP contribution in [0.25, 0.3) is 10.9 Å². The average Bonchev–Trinajstić information content (AvgIpc) is 2.72. The molecule has 0 saturated heterocycles. The summed E-state index contributed by atoms with van der Waals surface area (Å²) in [6.45, 7) is -0.251. The van der Waals surface area contributed by atoms with Crippen LogP contribution in [0.4, 0.5) is 4.79 Å². The maximum atomic E-state index is 11.1. The first kappa shape index (κ1) is 11.0. The molecule has 88 valence electrons. The Balaban J connectivity index is 1.98. The van der Waals surface area contributed by atoms with Crippen LogP contribution < -0.4 is 15.8 Å². The van der Waals surface area contributed by atoms with Gasteiger partial charge in [-0.15, -0.1) is 0 Å². The van der Waals surface area contributed by atoms with E-state index in [0.717, 1.165) is 10.9 Å². The van der Waals surface area contributed by atoms with Crippen molar-refractivity contribution in [1.82, 2.24) is 10.3 Å². The molecule has 0 fully saturated rings. The Morgan fingerprint density at radius 3 is 2.94 bits per heavy atom. The van der Waals surface area contributed by atoms with Crippen molar-refractivity contribution in [1.29, 1.82) is 0 Å². The summed E-state index contributed by atoms with van der Waals surface area (Å²) in [5.41, 5.74) is 5.78. The lowest BCUT2D eigenvalue weighted by Gasteiger charge is -2.05. The molecule has 0 bridgehead atoms. The number of rotatable bonds is 3. The average molecular weight is 233 g/mol. The fourth-order valence-corrected chi connectivity index (χ4v) is 1.44. The third kappa shape index (κ3) is 2.75. The summed E-state index contributed by atoms with van der Waals surface area (Å²) in [6.07, 6.45) is 1.81. The van der Waals surface area contributed by atoms with Crippen molar-refractivity contribution in [3.63, 3.8) is 0 Å². The number of benzene rings is 1. The zero-order chi connectivity index (χ0) is 12.3. The van der Waals surface area contributed by atoms with Gasteiger partial charge >= 0.3 is 6.03 Å². The molecule has 0 saturated carbocycles. The molecule has 6 nitrogen and oxygen atoms in total. The molecule has 0 atom stereocenters. The van der Waals surface area contributed by atoms with E-state index >= 15 is 0 Å². The Bertz CT molecular complexity index is 562. The number of aromatic amines is 1. The van der Waals surface area contributed by atoms with Crippen molar-refractivity contribution in [2.75, 3.05) is 6.61 Å². The first-order valence-electron chi connectivity index (χ1n) is 4.94. The molecular weight excluding hydrogens is 222 g/mol. The number of H-pyrrole nitrogens is 1. The smallest absolute Gasteiger partial charge is 0.318 e. The fraction of sp³-hybridized carbons (Fsp3) is 0.0909. The molecule has 0 aliphatic rings. The summed E-state index contributed by atoms with van der Waals surface area (Å²) in [5.74, 6) is -0.0246. The Morgan fingerprint density at radius 1 is 1.35 bits per heavy atom. The van der Waals surface area contributed by atoms with Crippen molar-refractivity contribution < 1.29 is 14.3 Å². The number of primary amides is 1. The molecule has 0 spiro atoms. The molecular formula is C11H11N3O3. The highest BCUT2D eigenvalue weighted by molar-refractivity contribution is 5.94. The van der Waals surface area contributed by atoms with Gasteiger partial charge < -0.3 is 15.5 Å². The molecule has 4 N–H and O–H groups in total. The van der Waals surface area contributed by atoms with Crippen LogP contribution in [0.1, 0.15) is 0 Å². The Labute approximate surface area is 96.7 Å². The van der Waals surface area contributed by atoms with E-state index in [2.05, 4.69) is 4.98 Å². The normalized spacial score (nSPS) is 10.1. The maximum Gasteiger partial charge on any atom is 0.318 e. The molecule has 3 amide bonds. The van der Waals surface area contributed by atoms with Gasteiger partial charge in [0.25, 0.3) is 5.91 Å². The zero-order valence-corrected chi connectivity index (χ0v) is 8.90. The van der Waals surface area contributed by atoms with Crippen LogP contribution in [0.2, 0.25) is 0 Å². The van der Waals surface area contributed by atoms with Gasteiger partial charge in [0, 0.05) is 17.1 Å². The molecule has 2 aromatic rings. The van der Waals surface area contributed by atoms with E-state index in [4.69, 9.17) is 10.5 Å². The number of nitrogens with one attached hydrogen (secondary N) is 2. The maximum absolute atomic E-state index is 11.1. The number of imide groups is 1. The lowest BCUT2D eigenvalue weighted by molar-refractivity contribution is -0.121. The summed E-state index contributed by atoms with van der Waals surface area (Å²) in [4.78, 5) is 24.5. The third-order valence-corrected chi connectivity index (χ3v) is 2.16. The highest BCUT2D eigenvalue weighted by Crippen LogP contribution is 2.19. The minimum atomic E-state index is -0.889. The second-order valence-corrected chi connectivity index (χ2v) is 3.43. The molecule has 17 heavy (non-hydrogen) atoms. The van der Waals surface area contributed by atoms with Crippen molar-refractivity contribution in [3.05, 3.63) is 30.5 Å². The van der Waals surface area contributed by atoms with Crippen LogP contribution in [0, 0.1) is 0 Å². The number of hydrogen-bond donors (Lipinski definition) is 3. The molecule has 0 unspecified atom stereocenters. The Morgan fingerprint density at radius 2 is 2.18 bits per heavy atom. The monoisotopic (exact) mass is 233 g/mol. The second kappa shape index (κ2) is 4.56. The predicted octanol–water partition coefficient (Wildman–Crippen LogP) is 0.742. The van der Waals surface area contributed by atoms with Crippen LogP contribution in [0.3, 0.4) is 0 Å². The Kier molecular flexibility index (Phi) is 2.95. The molecule has 2 rings (SSSR count). The van der Waals surface area contributed by atoms with E-state index in [9.17, 15) is 9.59 Å². The highest BCUT2D eigenvalue weighted by Gasteiger charge is 2.05. The number of carbonyl (C=O) groups excluding carboxylic acids is 2. The van der Waals surface area contributed by atoms with Gasteiger partial charge in [0.1, 0.15) is 5.75 Å². The van der Waals surface area contributed by atoms with Gasteiger partial charge in [0.05, 0.1) is 0 Å². The molecule has 0 radical (unpaired) electrons. The number of amides is 3. The topological polar surface area (TPSA) is 97.2 Å².